The zero-order valence-electron chi connectivity index (χ0n) is 20.6. The number of aliphatic hydroxyl groups is 2. The molecule has 2 unspecified atom stereocenters. The van der Waals surface area contributed by atoms with Gasteiger partial charge in [-0.1, -0.05) is 12.8 Å². The summed E-state index contributed by atoms with van der Waals surface area (Å²) >= 11 is 0. The maximum atomic E-state index is 10.4. The molecule has 0 spiro atoms. The number of hydroxylamine groups is 4. The summed E-state index contributed by atoms with van der Waals surface area (Å²) in [7, 11) is 0. The summed E-state index contributed by atoms with van der Waals surface area (Å²) < 4.78 is 0. The van der Waals surface area contributed by atoms with Gasteiger partial charge in [-0.05, 0) is 93.9 Å². The van der Waals surface area contributed by atoms with Gasteiger partial charge in [0.25, 0.3) is 0 Å². The van der Waals surface area contributed by atoms with Crippen LogP contribution in [-0.4, -0.2) is 66.9 Å². The molecule has 176 valence electrons. The van der Waals surface area contributed by atoms with Gasteiger partial charge in [-0.3, -0.25) is 9.68 Å². The molecule has 2 N–H and O–H groups in total. The van der Waals surface area contributed by atoms with E-state index in [4.69, 9.17) is 9.68 Å². The minimum absolute atomic E-state index is 0.00834. The quantitative estimate of drug-likeness (QED) is 0.703. The molecule has 0 radical (unpaired) electrons. The van der Waals surface area contributed by atoms with Crippen LogP contribution in [0.3, 0.4) is 0 Å². The first-order valence-electron chi connectivity index (χ1n) is 11.9. The van der Waals surface area contributed by atoms with Crippen molar-refractivity contribution in [3.05, 3.63) is 0 Å². The molecular formula is C24H46N2O4. The fourth-order valence-corrected chi connectivity index (χ4v) is 6.57. The maximum Gasteiger partial charge on any atom is 0.107 e. The molecule has 0 aromatic heterocycles. The standard InChI is InChI=1S/C24H46N2O4/c1-21(2)13-17(27)14-22(3,4)25(21)29-19-11-9-10-12-20(19)30-26-23(5,6)15-18(28)16-24(26,7)8/h17-20,27-28H,9-16H2,1-8H3. The van der Waals surface area contributed by atoms with Gasteiger partial charge in [-0.25, -0.2) is 0 Å². The average molecular weight is 427 g/mol. The van der Waals surface area contributed by atoms with Gasteiger partial charge in [-0.15, -0.1) is 0 Å². The van der Waals surface area contributed by atoms with E-state index in [2.05, 4.69) is 65.5 Å². The molecular weight excluding hydrogens is 380 g/mol. The van der Waals surface area contributed by atoms with Gasteiger partial charge in [0.1, 0.15) is 12.2 Å². The Morgan fingerprint density at radius 3 is 1.10 bits per heavy atom. The van der Waals surface area contributed by atoms with E-state index < -0.39 is 0 Å². The van der Waals surface area contributed by atoms with E-state index in [1.54, 1.807) is 0 Å². The molecule has 6 nitrogen and oxygen atoms in total. The molecule has 3 rings (SSSR count). The topological polar surface area (TPSA) is 65.4 Å². The first kappa shape index (κ1) is 24.4. The molecule has 6 heteroatoms. The lowest BCUT2D eigenvalue weighted by atomic mass is 9.80. The first-order chi connectivity index (χ1) is 13.6. The zero-order valence-corrected chi connectivity index (χ0v) is 20.6. The summed E-state index contributed by atoms with van der Waals surface area (Å²) in [5, 5.41) is 25.0. The second-order valence-corrected chi connectivity index (χ2v) is 12.5. The Morgan fingerprint density at radius 1 is 0.567 bits per heavy atom. The van der Waals surface area contributed by atoms with Gasteiger partial charge in [0.05, 0.1) is 12.2 Å². The predicted octanol–water partition coefficient (Wildman–Crippen LogP) is 4.19. The van der Waals surface area contributed by atoms with Gasteiger partial charge in [0, 0.05) is 22.2 Å². The van der Waals surface area contributed by atoms with Crippen molar-refractivity contribution in [1.82, 2.24) is 10.1 Å². The van der Waals surface area contributed by atoms with Gasteiger partial charge < -0.3 is 10.2 Å². The second kappa shape index (κ2) is 8.27. The Hall–Kier alpha value is -0.240. The summed E-state index contributed by atoms with van der Waals surface area (Å²) in [5.74, 6) is 0. The van der Waals surface area contributed by atoms with E-state index in [0.717, 1.165) is 25.7 Å². The third-order valence-corrected chi connectivity index (χ3v) is 7.26. The molecule has 3 fully saturated rings. The number of piperidine rings is 2. The summed E-state index contributed by atoms with van der Waals surface area (Å²) in [6, 6.07) is 0. The second-order valence-electron chi connectivity index (χ2n) is 12.5. The Bertz CT molecular complexity index is 516. The van der Waals surface area contributed by atoms with Crippen molar-refractivity contribution in [3.8, 4) is 0 Å². The molecule has 0 aromatic rings. The van der Waals surface area contributed by atoms with E-state index in [1.165, 1.54) is 0 Å². The van der Waals surface area contributed by atoms with Crippen molar-refractivity contribution in [3.63, 3.8) is 0 Å². The van der Waals surface area contributed by atoms with E-state index >= 15 is 0 Å². The third kappa shape index (κ3) is 5.05. The molecule has 2 atom stereocenters. The van der Waals surface area contributed by atoms with Crippen LogP contribution in [0.5, 0.6) is 0 Å². The van der Waals surface area contributed by atoms with Crippen LogP contribution >= 0.6 is 0 Å². The molecule has 0 bridgehead atoms. The van der Waals surface area contributed by atoms with Crippen LogP contribution < -0.4 is 0 Å². The Kier molecular flexibility index (Phi) is 6.73. The van der Waals surface area contributed by atoms with Crippen LogP contribution in [-0.2, 0) is 9.68 Å². The zero-order chi connectivity index (χ0) is 22.5. The summed E-state index contributed by atoms with van der Waals surface area (Å²) in [4.78, 5) is 13.5. The SMILES string of the molecule is CC1(C)CC(O)CC(C)(C)N1OC1CCCCC1ON1C(C)(C)CC(O)CC1(C)C. The van der Waals surface area contributed by atoms with Gasteiger partial charge >= 0.3 is 0 Å². The van der Waals surface area contributed by atoms with Crippen LogP contribution in [0.1, 0.15) is 107 Å². The number of nitrogens with zero attached hydrogens (tertiary/aromatic N) is 2. The van der Waals surface area contributed by atoms with Gasteiger partial charge in [0.15, 0.2) is 0 Å². The maximum absolute atomic E-state index is 10.4. The molecule has 2 heterocycles. The third-order valence-electron chi connectivity index (χ3n) is 7.26. The lowest BCUT2D eigenvalue weighted by molar-refractivity contribution is -0.371. The smallest absolute Gasteiger partial charge is 0.107 e. The Labute approximate surface area is 183 Å². The van der Waals surface area contributed by atoms with Crippen LogP contribution in [0, 0.1) is 0 Å². The number of hydrogen-bond acceptors (Lipinski definition) is 6. The van der Waals surface area contributed by atoms with Gasteiger partial charge in [-0.2, -0.15) is 10.1 Å². The van der Waals surface area contributed by atoms with Crippen LogP contribution in [0.4, 0.5) is 0 Å². The minimum Gasteiger partial charge on any atom is -0.393 e. The fraction of sp³-hybridized carbons (Fsp3) is 1.00. The highest BCUT2D eigenvalue weighted by Gasteiger charge is 2.50. The Balaban J connectivity index is 1.78. The molecule has 3 aliphatic rings. The normalized spacial score (nSPS) is 35.4. The van der Waals surface area contributed by atoms with Crippen molar-refractivity contribution in [2.24, 2.45) is 0 Å². The largest absolute Gasteiger partial charge is 0.393 e. The first-order valence-corrected chi connectivity index (χ1v) is 11.9. The van der Waals surface area contributed by atoms with Crippen molar-refractivity contribution < 1.29 is 19.9 Å². The molecule has 0 aromatic carbocycles. The number of hydrogen-bond donors (Lipinski definition) is 2. The highest BCUT2D eigenvalue weighted by molar-refractivity contribution is 4.99. The van der Waals surface area contributed by atoms with E-state index in [-0.39, 0.29) is 46.6 Å². The van der Waals surface area contributed by atoms with Crippen molar-refractivity contribution >= 4 is 0 Å². The molecule has 2 aliphatic heterocycles. The Morgan fingerprint density at radius 2 is 0.833 bits per heavy atom. The van der Waals surface area contributed by atoms with Crippen LogP contribution in [0.15, 0.2) is 0 Å². The predicted molar refractivity (Wildman–Crippen MR) is 119 cm³/mol. The van der Waals surface area contributed by atoms with Crippen molar-refractivity contribution in [2.75, 3.05) is 0 Å². The van der Waals surface area contributed by atoms with Crippen molar-refractivity contribution in [1.29, 1.82) is 0 Å². The van der Waals surface area contributed by atoms with Crippen LogP contribution in [0.2, 0.25) is 0 Å². The van der Waals surface area contributed by atoms with E-state index in [0.29, 0.717) is 25.7 Å². The summed E-state index contributed by atoms with van der Waals surface area (Å²) in [6.07, 6.45) is 6.47. The molecule has 2 saturated heterocycles. The highest BCUT2D eigenvalue weighted by atomic mass is 16.7. The molecule has 1 aliphatic carbocycles. The minimum atomic E-state index is -0.297. The van der Waals surface area contributed by atoms with Crippen molar-refractivity contribution in [2.45, 2.75) is 153 Å². The van der Waals surface area contributed by atoms with Gasteiger partial charge in [0.2, 0.25) is 0 Å². The molecule has 30 heavy (non-hydrogen) atoms. The van der Waals surface area contributed by atoms with Crippen LogP contribution in [0.25, 0.3) is 0 Å². The van der Waals surface area contributed by atoms with E-state index in [9.17, 15) is 10.2 Å². The number of aliphatic hydroxyl groups excluding tert-OH is 2. The molecule has 0 amide bonds. The van der Waals surface area contributed by atoms with E-state index in [1.807, 2.05) is 0 Å². The highest BCUT2D eigenvalue weighted by Crippen LogP contribution is 2.43. The monoisotopic (exact) mass is 426 g/mol. The average Bonchev–Trinajstić information content (AvgIpc) is 2.53. The summed E-state index contributed by atoms with van der Waals surface area (Å²) in [5.41, 5.74) is -0.957. The lowest BCUT2D eigenvalue weighted by Crippen LogP contribution is -2.65. The molecule has 1 saturated carbocycles. The lowest BCUT2D eigenvalue weighted by Gasteiger charge is -2.56. The fourth-order valence-electron chi connectivity index (χ4n) is 6.57. The summed E-state index contributed by atoms with van der Waals surface area (Å²) in [6.45, 7) is 17.3. The number of rotatable bonds is 4.